The normalized spacial score (nSPS) is 9.45. The molecule has 0 radical (unpaired) electrons. The molecular weight excluding hydrogens is 296 g/mol. The summed E-state index contributed by atoms with van der Waals surface area (Å²) in [4.78, 5) is 15.5. The Hall–Kier alpha value is -2.20. The molecule has 0 atom stereocenters. The van der Waals surface area contributed by atoms with E-state index in [0.29, 0.717) is 22.1 Å². The fourth-order valence-corrected chi connectivity index (χ4v) is 1.75. The highest BCUT2D eigenvalue weighted by molar-refractivity contribution is 7.78. The van der Waals surface area contributed by atoms with Crippen LogP contribution in [-0.4, -0.2) is 11.3 Å². The van der Waals surface area contributed by atoms with Crippen LogP contribution in [0.2, 0.25) is 5.02 Å². The topological polar surface area (TPSA) is 50.7 Å². The Kier molecular flexibility index (Phi) is 4.85. The number of rotatable bonds is 3. The number of carbonyl (C=O) groups excluding carboxylic acids is 1. The summed E-state index contributed by atoms with van der Waals surface area (Å²) in [7, 11) is 0. The number of ether oxygens (including phenoxy) is 1. The zero-order valence-electron chi connectivity index (χ0n) is 10.2. The Bertz CT molecular complexity index is 667. The predicted octanol–water partition coefficient (Wildman–Crippen LogP) is 4.69. The molecule has 0 spiro atoms. The molecule has 0 bridgehead atoms. The van der Waals surface area contributed by atoms with Gasteiger partial charge in [0.25, 0.3) is 0 Å². The minimum Gasteiger partial charge on any atom is -0.410 e. The third-order valence-corrected chi connectivity index (χ3v) is 2.62. The molecule has 0 aliphatic carbocycles. The average molecular weight is 305 g/mol. The number of hydrogen-bond donors (Lipinski definition) is 1. The van der Waals surface area contributed by atoms with Gasteiger partial charge in [-0.15, -0.1) is 0 Å². The van der Waals surface area contributed by atoms with Gasteiger partial charge in [-0.1, -0.05) is 17.7 Å². The smallest absolute Gasteiger partial charge is 0.410 e. The summed E-state index contributed by atoms with van der Waals surface area (Å²) >= 11 is 10.3. The second-order valence-electron chi connectivity index (χ2n) is 3.72. The average Bonchev–Trinajstić information content (AvgIpc) is 2.41. The molecule has 0 aliphatic rings. The van der Waals surface area contributed by atoms with Crippen molar-refractivity contribution in [2.24, 2.45) is 4.99 Å². The number of thiocarbonyl (C=S) groups is 1. The number of isothiocyanates is 1. The van der Waals surface area contributed by atoms with E-state index in [2.05, 4.69) is 27.7 Å². The minimum absolute atomic E-state index is 0.396. The summed E-state index contributed by atoms with van der Waals surface area (Å²) in [6.07, 6.45) is -0.599. The summed E-state index contributed by atoms with van der Waals surface area (Å²) in [5, 5.41) is 5.36. The number of anilines is 1. The van der Waals surface area contributed by atoms with E-state index >= 15 is 0 Å². The van der Waals surface area contributed by atoms with E-state index in [9.17, 15) is 4.79 Å². The molecule has 2 aromatic rings. The van der Waals surface area contributed by atoms with Crippen molar-refractivity contribution in [3.8, 4) is 5.75 Å². The lowest BCUT2D eigenvalue weighted by Gasteiger charge is -2.06. The van der Waals surface area contributed by atoms with Gasteiger partial charge < -0.3 is 4.74 Å². The molecular formula is C14H9ClN2O2S. The zero-order valence-corrected chi connectivity index (χ0v) is 11.7. The highest BCUT2D eigenvalue weighted by atomic mass is 35.5. The summed E-state index contributed by atoms with van der Waals surface area (Å²) in [6.45, 7) is 0. The van der Waals surface area contributed by atoms with Crippen LogP contribution in [0.3, 0.4) is 0 Å². The first kappa shape index (κ1) is 14.2. The van der Waals surface area contributed by atoms with Crippen LogP contribution >= 0.6 is 23.8 Å². The van der Waals surface area contributed by atoms with Crippen LogP contribution < -0.4 is 10.1 Å². The lowest BCUT2D eigenvalue weighted by molar-refractivity contribution is 0.215. The van der Waals surface area contributed by atoms with Crippen molar-refractivity contribution in [2.45, 2.75) is 0 Å². The van der Waals surface area contributed by atoms with Gasteiger partial charge >= 0.3 is 6.09 Å². The zero-order chi connectivity index (χ0) is 14.4. The fourth-order valence-electron chi connectivity index (χ4n) is 1.46. The highest BCUT2D eigenvalue weighted by Crippen LogP contribution is 2.19. The molecule has 0 heterocycles. The van der Waals surface area contributed by atoms with E-state index in [1.807, 2.05) is 0 Å². The van der Waals surface area contributed by atoms with Gasteiger partial charge in [-0.3, -0.25) is 5.32 Å². The standard InChI is InChI=1S/C14H9ClN2O2S/c15-10-2-1-3-12(8-10)17-14(18)19-13-6-4-11(5-7-13)16-9-20/h1-8H,(H,17,18). The monoisotopic (exact) mass is 304 g/mol. The van der Waals surface area contributed by atoms with Gasteiger partial charge in [0.05, 0.1) is 10.8 Å². The van der Waals surface area contributed by atoms with Crippen LogP contribution in [0.15, 0.2) is 53.5 Å². The number of aliphatic imine (C=N–C) groups is 1. The van der Waals surface area contributed by atoms with Crippen LogP contribution in [0.5, 0.6) is 5.75 Å². The van der Waals surface area contributed by atoms with Gasteiger partial charge in [0.2, 0.25) is 0 Å². The molecule has 1 amide bonds. The SMILES string of the molecule is O=C(Nc1cccc(Cl)c1)Oc1ccc(N=C=S)cc1. The van der Waals surface area contributed by atoms with Crippen molar-refractivity contribution in [3.63, 3.8) is 0 Å². The number of halogens is 1. The van der Waals surface area contributed by atoms with Crippen LogP contribution in [-0.2, 0) is 0 Å². The Morgan fingerprint density at radius 1 is 1.25 bits per heavy atom. The highest BCUT2D eigenvalue weighted by Gasteiger charge is 2.05. The Labute approximate surface area is 126 Å². The number of amides is 1. The van der Waals surface area contributed by atoms with Crippen LogP contribution in [0.25, 0.3) is 0 Å². The molecule has 4 nitrogen and oxygen atoms in total. The van der Waals surface area contributed by atoms with Gasteiger partial charge in [0, 0.05) is 10.7 Å². The van der Waals surface area contributed by atoms with Gasteiger partial charge in [-0.05, 0) is 54.7 Å². The molecule has 2 aromatic carbocycles. The van der Waals surface area contributed by atoms with Crippen molar-refractivity contribution in [2.75, 3.05) is 5.32 Å². The molecule has 0 saturated carbocycles. The molecule has 6 heteroatoms. The lowest BCUT2D eigenvalue weighted by Crippen LogP contribution is -2.16. The summed E-state index contributed by atoms with van der Waals surface area (Å²) in [5.41, 5.74) is 1.20. The molecule has 0 saturated heterocycles. The van der Waals surface area contributed by atoms with E-state index in [1.165, 1.54) is 0 Å². The minimum atomic E-state index is -0.599. The largest absolute Gasteiger partial charge is 0.417 e. The Morgan fingerprint density at radius 2 is 2.00 bits per heavy atom. The summed E-state index contributed by atoms with van der Waals surface area (Å²) in [5.74, 6) is 0.396. The van der Waals surface area contributed by atoms with Crippen molar-refractivity contribution in [1.82, 2.24) is 0 Å². The van der Waals surface area contributed by atoms with Crippen molar-refractivity contribution >= 4 is 46.4 Å². The maximum absolute atomic E-state index is 11.7. The first-order valence-electron chi connectivity index (χ1n) is 5.60. The number of nitrogens with one attached hydrogen (secondary N) is 1. The van der Waals surface area contributed by atoms with E-state index in [-0.39, 0.29) is 0 Å². The van der Waals surface area contributed by atoms with E-state index in [1.54, 1.807) is 48.5 Å². The van der Waals surface area contributed by atoms with Crippen molar-refractivity contribution in [3.05, 3.63) is 53.6 Å². The maximum Gasteiger partial charge on any atom is 0.417 e. The Balaban J connectivity index is 1.99. The summed E-state index contributed by atoms with van der Waals surface area (Å²) in [6, 6.07) is 13.3. The second kappa shape index (κ2) is 6.82. The Morgan fingerprint density at radius 3 is 2.65 bits per heavy atom. The first-order chi connectivity index (χ1) is 9.67. The third-order valence-electron chi connectivity index (χ3n) is 2.29. The molecule has 2 rings (SSSR count). The van der Waals surface area contributed by atoms with Gasteiger partial charge in [0.15, 0.2) is 0 Å². The second-order valence-corrected chi connectivity index (χ2v) is 4.34. The fraction of sp³-hybridized carbons (Fsp3) is 0. The number of carbonyl (C=O) groups is 1. The van der Waals surface area contributed by atoms with E-state index in [4.69, 9.17) is 16.3 Å². The predicted molar refractivity (Wildman–Crippen MR) is 82.2 cm³/mol. The number of nitrogens with zero attached hydrogens (tertiary/aromatic N) is 1. The molecule has 100 valence electrons. The quantitative estimate of drug-likeness (QED) is 0.661. The third kappa shape index (κ3) is 4.17. The molecule has 20 heavy (non-hydrogen) atoms. The van der Waals surface area contributed by atoms with Gasteiger partial charge in [-0.2, -0.15) is 4.99 Å². The lowest BCUT2D eigenvalue weighted by atomic mass is 10.3. The van der Waals surface area contributed by atoms with Gasteiger partial charge in [0.1, 0.15) is 5.75 Å². The molecule has 0 aromatic heterocycles. The summed E-state index contributed by atoms with van der Waals surface area (Å²) < 4.78 is 5.11. The van der Waals surface area contributed by atoms with Crippen LogP contribution in [0.4, 0.5) is 16.2 Å². The number of benzene rings is 2. The molecule has 1 N–H and O–H groups in total. The molecule has 0 aliphatic heterocycles. The van der Waals surface area contributed by atoms with E-state index in [0.717, 1.165) is 0 Å². The molecule has 0 fully saturated rings. The van der Waals surface area contributed by atoms with Crippen LogP contribution in [0, 0.1) is 0 Å². The van der Waals surface area contributed by atoms with Crippen LogP contribution in [0.1, 0.15) is 0 Å². The number of hydrogen-bond acceptors (Lipinski definition) is 4. The van der Waals surface area contributed by atoms with Crippen molar-refractivity contribution < 1.29 is 9.53 Å². The van der Waals surface area contributed by atoms with Crippen molar-refractivity contribution in [1.29, 1.82) is 0 Å². The molecule has 0 unspecified atom stereocenters. The van der Waals surface area contributed by atoms with E-state index < -0.39 is 6.09 Å². The maximum atomic E-state index is 11.7. The first-order valence-corrected chi connectivity index (χ1v) is 6.38. The van der Waals surface area contributed by atoms with Gasteiger partial charge in [-0.25, -0.2) is 4.79 Å².